The molecular formula is C22H18N2O5. The molecule has 0 radical (unpaired) electrons. The van der Waals surface area contributed by atoms with Crippen molar-refractivity contribution in [2.45, 2.75) is 19.4 Å². The summed E-state index contributed by atoms with van der Waals surface area (Å²) < 4.78 is 5.17. The van der Waals surface area contributed by atoms with Gasteiger partial charge in [0.05, 0.1) is 28.7 Å². The molecule has 7 nitrogen and oxygen atoms in total. The Bertz CT molecular complexity index is 1180. The van der Waals surface area contributed by atoms with E-state index in [1.807, 2.05) is 24.3 Å². The highest BCUT2D eigenvalue weighted by Crippen LogP contribution is 2.36. The number of aryl methyl sites for hydroxylation is 1. The molecule has 1 unspecified atom stereocenters. The topological polar surface area (TPSA) is 112 Å². The van der Waals surface area contributed by atoms with Gasteiger partial charge in [-0.05, 0) is 36.8 Å². The molecular weight excluding hydrogens is 372 g/mol. The van der Waals surface area contributed by atoms with Gasteiger partial charge in [-0.3, -0.25) is 4.99 Å². The number of rotatable bonds is 3. The number of fused-ring (bicyclic) bond motifs is 1. The van der Waals surface area contributed by atoms with Crippen molar-refractivity contribution in [2.75, 3.05) is 5.32 Å². The number of carbonyl (C=O) groups is 1. The third-order valence-corrected chi connectivity index (χ3v) is 4.79. The minimum atomic E-state index is -1.000. The summed E-state index contributed by atoms with van der Waals surface area (Å²) in [7, 11) is 0. The molecule has 1 aliphatic heterocycles. The number of para-hydroxylation sites is 2. The molecule has 29 heavy (non-hydrogen) atoms. The van der Waals surface area contributed by atoms with Gasteiger partial charge in [0.25, 0.3) is 0 Å². The van der Waals surface area contributed by atoms with Crippen LogP contribution in [-0.4, -0.2) is 21.9 Å². The Labute approximate surface area is 166 Å². The monoisotopic (exact) mass is 390 g/mol. The van der Waals surface area contributed by atoms with Crippen LogP contribution in [0.15, 0.2) is 68.8 Å². The Morgan fingerprint density at radius 3 is 2.59 bits per heavy atom. The molecule has 7 heteroatoms. The fraction of sp³-hybridized carbons (Fsp3) is 0.136. The summed E-state index contributed by atoms with van der Waals surface area (Å²) in [5.41, 5.74) is 2.18. The number of aliphatic imine (C=N–C) groups is 1. The van der Waals surface area contributed by atoms with Crippen molar-refractivity contribution in [1.29, 1.82) is 0 Å². The summed E-state index contributed by atoms with van der Waals surface area (Å²) in [5, 5.41) is 22.9. The van der Waals surface area contributed by atoms with E-state index in [2.05, 4.69) is 10.3 Å². The number of nitrogens with zero attached hydrogens (tertiary/aromatic N) is 1. The van der Waals surface area contributed by atoms with E-state index in [9.17, 15) is 14.7 Å². The third kappa shape index (κ3) is 3.62. The standard InChI is InChI=1S/C22H18N2O5/c1-12-10-19(25)20(22(28)29-12)18-11-17(13-6-8-14(9-7-13)21(26)27)23-15-4-2-3-5-16(15)24-18/h2-10,17,23,25H,11H2,1H3,(H,26,27). The van der Waals surface area contributed by atoms with Gasteiger partial charge >= 0.3 is 11.6 Å². The first-order chi connectivity index (χ1) is 13.9. The molecule has 2 heterocycles. The van der Waals surface area contributed by atoms with Gasteiger partial charge in [-0.2, -0.15) is 0 Å². The highest BCUT2D eigenvalue weighted by Gasteiger charge is 2.25. The maximum atomic E-state index is 12.5. The number of carboxylic acid groups (broad SMARTS) is 1. The number of anilines is 1. The second-order valence-corrected chi connectivity index (χ2v) is 6.81. The molecule has 4 rings (SSSR count). The predicted octanol–water partition coefficient (Wildman–Crippen LogP) is 4.03. The van der Waals surface area contributed by atoms with Crippen molar-refractivity contribution >= 4 is 23.1 Å². The fourth-order valence-electron chi connectivity index (χ4n) is 3.40. The van der Waals surface area contributed by atoms with E-state index in [1.165, 1.54) is 18.2 Å². The first-order valence-corrected chi connectivity index (χ1v) is 9.03. The van der Waals surface area contributed by atoms with Crippen molar-refractivity contribution in [3.05, 3.63) is 87.5 Å². The minimum Gasteiger partial charge on any atom is -0.507 e. The van der Waals surface area contributed by atoms with Crippen molar-refractivity contribution < 1.29 is 19.4 Å². The lowest BCUT2D eigenvalue weighted by Gasteiger charge is -2.19. The average Bonchev–Trinajstić information content (AvgIpc) is 2.87. The highest BCUT2D eigenvalue weighted by atomic mass is 16.4. The molecule has 0 fully saturated rings. The van der Waals surface area contributed by atoms with Crippen LogP contribution in [0.2, 0.25) is 0 Å². The largest absolute Gasteiger partial charge is 0.507 e. The first-order valence-electron chi connectivity index (χ1n) is 9.03. The maximum absolute atomic E-state index is 12.5. The molecule has 2 aromatic carbocycles. The highest BCUT2D eigenvalue weighted by molar-refractivity contribution is 6.05. The van der Waals surface area contributed by atoms with Crippen LogP contribution in [0, 0.1) is 6.92 Å². The smallest absolute Gasteiger partial charge is 0.348 e. The lowest BCUT2D eigenvalue weighted by Crippen LogP contribution is -2.20. The van der Waals surface area contributed by atoms with E-state index in [4.69, 9.17) is 9.52 Å². The normalized spacial score (nSPS) is 15.6. The summed E-state index contributed by atoms with van der Waals surface area (Å²) >= 11 is 0. The van der Waals surface area contributed by atoms with Crippen LogP contribution >= 0.6 is 0 Å². The maximum Gasteiger partial charge on any atom is 0.348 e. The quantitative estimate of drug-likeness (QED) is 0.622. The van der Waals surface area contributed by atoms with Crippen molar-refractivity contribution in [2.24, 2.45) is 4.99 Å². The van der Waals surface area contributed by atoms with Gasteiger partial charge in [0, 0.05) is 12.5 Å². The molecule has 3 N–H and O–H groups in total. The summed E-state index contributed by atoms with van der Waals surface area (Å²) in [5.74, 6) is -0.873. The summed E-state index contributed by atoms with van der Waals surface area (Å²) in [6.07, 6.45) is 0.294. The second-order valence-electron chi connectivity index (χ2n) is 6.81. The van der Waals surface area contributed by atoms with Gasteiger partial charge in [0.15, 0.2) is 0 Å². The van der Waals surface area contributed by atoms with E-state index >= 15 is 0 Å². The molecule has 1 aromatic heterocycles. The lowest BCUT2D eigenvalue weighted by atomic mass is 9.96. The molecule has 1 aliphatic rings. The van der Waals surface area contributed by atoms with Crippen LogP contribution in [0.1, 0.15) is 39.7 Å². The van der Waals surface area contributed by atoms with Gasteiger partial charge in [-0.15, -0.1) is 0 Å². The van der Waals surface area contributed by atoms with Gasteiger partial charge in [-0.1, -0.05) is 24.3 Å². The van der Waals surface area contributed by atoms with Gasteiger partial charge in [0.1, 0.15) is 17.1 Å². The summed E-state index contributed by atoms with van der Waals surface area (Å²) in [6.45, 7) is 1.59. The van der Waals surface area contributed by atoms with Crippen molar-refractivity contribution in [3.8, 4) is 5.75 Å². The molecule has 146 valence electrons. The third-order valence-electron chi connectivity index (χ3n) is 4.79. The Balaban J connectivity index is 1.82. The molecule has 0 saturated carbocycles. The van der Waals surface area contributed by atoms with E-state index in [0.29, 0.717) is 23.6 Å². The number of benzene rings is 2. The van der Waals surface area contributed by atoms with Crippen molar-refractivity contribution in [3.63, 3.8) is 0 Å². The Morgan fingerprint density at radius 2 is 1.90 bits per heavy atom. The van der Waals surface area contributed by atoms with Crippen molar-refractivity contribution in [1.82, 2.24) is 0 Å². The van der Waals surface area contributed by atoms with Gasteiger partial charge in [-0.25, -0.2) is 9.59 Å². The number of aromatic carboxylic acids is 1. The molecule has 0 saturated heterocycles. The molecule has 0 spiro atoms. The number of carboxylic acids is 1. The van der Waals surface area contributed by atoms with E-state index in [1.54, 1.807) is 19.1 Å². The fourth-order valence-corrected chi connectivity index (χ4v) is 3.40. The van der Waals surface area contributed by atoms with Crippen LogP contribution in [0.4, 0.5) is 11.4 Å². The molecule has 0 amide bonds. The molecule has 0 aliphatic carbocycles. The molecule has 1 atom stereocenters. The Kier molecular flexibility index (Phi) is 4.64. The number of hydrogen-bond acceptors (Lipinski definition) is 6. The van der Waals surface area contributed by atoms with E-state index in [0.717, 1.165) is 11.3 Å². The Morgan fingerprint density at radius 1 is 1.17 bits per heavy atom. The van der Waals surface area contributed by atoms with E-state index < -0.39 is 11.6 Å². The SMILES string of the molecule is Cc1cc(O)c(C2=Nc3ccccc3NC(c3ccc(C(=O)O)cc3)C2)c(=O)o1. The number of aromatic hydroxyl groups is 1. The minimum absolute atomic E-state index is 0.0289. The first kappa shape index (κ1) is 18.5. The zero-order chi connectivity index (χ0) is 20.5. The lowest BCUT2D eigenvalue weighted by molar-refractivity contribution is 0.0697. The Hall–Kier alpha value is -3.87. The van der Waals surface area contributed by atoms with Crippen LogP contribution < -0.4 is 10.9 Å². The zero-order valence-electron chi connectivity index (χ0n) is 15.5. The average molecular weight is 390 g/mol. The van der Waals surface area contributed by atoms with Crippen LogP contribution in [0.3, 0.4) is 0 Å². The second kappa shape index (κ2) is 7.27. The number of nitrogens with one attached hydrogen (secondary N) is 1. The molecule has 3 aromatic rings. The van der Waals surface area contributed by atoms with Gasteiger partial charge < -0.3 is 19.9 Å². The predicted molar refractivity (Wildman–Crippen MR) is 108 cm³/mol. The van der Waals surface area contributed by atoms with Gasteiger partial charge in [0.2, 0.25) is 0 Å². The van der Waals surface area contributed by atoms with Crippen LogP contribution in [0.5, 0.6) is 5.75 Å². The van der Waals surface area contributed by atoms with Crippen LogP contribution in [-0.2, 0) is 0 Å². The number of hydrogen-bond donors (Lipinski definition) is 3. The molecule has 0 bridgehead atoms. The van der Waals surface area contributed by atoms with E-state index in [-0.39, 0.29) is 22.9 Å². The summed E-state index contributed by atoms with van der Waals surface area (Å²) in [4.78, 5) is 28.2. The van der Waals surface area contributed by atoms with Crippen LogP contribution in [0.25, 0.3) is 0 Å². The zero-order valence-corrected chi connectivity index (χ0v) is 15.5. The summed E-state index contributed by atoms with van der Waals surface area (Å²) in [6, 6.07) is 15.0.